The van der Waals surface area contributed by atoms with Crippen LogP contribution in [0.25, 0.3) is 22.0 Å². The molecule has 4 rings (SSSR count). The van der Waals surface area contributed by atoms with Crippen molar-refractivity contribution in [2.75, 3.05) is 17.7 Å². The van der Waals surface area contributed by atoms with Gasteiger partial charge in [0.2, 0.25) is 0 Å². The van der Waals surface area contributed by atoms with Crippen molar-refractivity contribution in [3.05, 3.63) is 77.9 Å². The number of hydrogen-bond donors (Lipinski definition) is 2. The Bertz CT molecular complexity index is 1460. The fraction of sp³-hybridized carbons (Fsp3) is 0.160. The molecule has 34 heavy (non-hydrogen) atoms. The molecule has 0 radical (unpaired) electrons. The molecule has 9 heteroatoms. The summed E-state index contributed by atoms with van der Waals surface area (Å²) in [4.78, 5) is 25.3. The smallest absolute Gasteiger partial charge is 0.274 e. The number of fused-ring (bicyclic) bond motifs is 1. The van der Waals surface area contributed by atoms with Crippen LogP contribution in [0, 0.1) is 23.0 Å². The van der Waals surface area contributed by atoms with Gasteiger partial charge >= 0.3 is 0 Å². The zero-order valence-electron chi connectivity index (χ0n) is 18.6. The minimum Gasteiger partial charge on any atom is -0.373 e. The molecule has 4 aromatic rings. The van der Waals surface area contributed by atoms with Gasteiger partial charge in [0.25, 0.3) is 5.91 Å². The summed E-state index contributed by atoms with van der Waals surface area (Å²) in [7, 11) is 1.73. The van der Waals surface area contributed by atoms with Gasteiger partial charge in [-0.3, -0.25) is 14.8 Å². The van der Waals surface area contributed by atoms with E-state index >= 15 is 0 Å². The zero-order chi connectivity index (χ0) is 24.5. The van der Waals surface area contributed by atoms with Crippen LogP contribution >= 0.6 is 0 Å². The Morgan fingerprint density at radius 3 is 2.59 bits per heavy atom. The summed E-state index contributed by atoms with van der Waals surface area (Å²) < 4.78 is 29.1. The van der Waals surface area contributed by atoms with Crippen LogP contribution < -0.4 is 10.6 Å². The molecule has 0 saturated heterocycles. The quantitative estimate of drug-likeness (QED) is 0.433. The van der Waals surface area contributed by atoms with Crippen LogP contribution in [0.2, 0.25) is 0 Å². The summed E-state index contributed by atoms with van der Waals surface area (Å²) in [5, 5.41) is 15.5. The van der Waals surface area contributed by atoms with Crippen molar-refractivity contribution < 1.29 is 13.6 Å². The van der Waals surface area contributed by atoms with Crippen molar-refractivity contribution >= 4 is 28.3 Å². The minimum absolute atomic E-state index is 0.0471. The number of pyridine rings is 3. The molecule has 0 spiro atoms. The molecule has 0 saturated carbocycles. The predicted octanol–water partition coefficient (Wildman–Crippen LogP) is 5.07. The highest BCUT2D eigenvalue weighted by Crippen LogP contribution is 2.30. The van der Waals surface area contributed by atoms with Gasteiger partial charge in [0.05, 0.1) is 17.0 Å². The molecule has 1 amide bonds. The van der Waals surface area contributed by atoms with Crippen molar-refractivity contribution in [1.82, 2.24) is 15.0 Å². The van der Waals surface area contributed by atoms with E-state index in [1.807, 2.05) is 0 Å². The molecule has 170 valence electrons. The number of amides is 1. The van der Waals surface area contributed by atoms with E-state index in [1.54, 1.807) is 45.3 Å². The number of carbonyl (C=O) groups excluding carboxylic acids is 1. The maximum absolute atomic E-state index is 14.7. The number of hydrogen-bond acceptors (Lipinski definition) is 6. The van der Waals surface area contributed by atoms with E-state index in [9.17, 15) is 18.8 Å². The SMILES string of the molecule is CNc1cc2ncc(-c3cc(NC(=O)c4cc(C(C)(C)C#N)ccn4)cc(F)c3F)cc2cn1. The van der Waals surface area contributed by atoms with Crippen molar-refractivity contribution in [2.45, 2.75) is 19.3 Å². The lowest BCUT2D eigenvalue weighted by molar-refractivity contribution is 0.102. The summed E-state index contributed by atoms with van der Waals surface area (Å²) in [6.45, 7) is 3.44. The highest BCUT2D eigenvalue weighted by Gasteiger charge is 2.22. The lowest BCUT2D eigenvalue weighted by Crippen LogP contribution is -2.18. The second-order valence-corrected chi connectivity index (χ2v) is 8.18. The molecular weight excluding hydrogens is 438 g/mol. The van der Waals surface area contributed by atoms with Crippen LogP contribution in [-0.2, 0) is 5.41 Å². The highest BCUT2D eigenvalue weighted by molar-refractivity contribution is 6.03. The first-order valence-corrected chi connectivity index (χ1v) is 10.3. The minimum atomic E-state index is -1.12. The monoisotopic (exact) mass is 458 g/mol. The number of rotatable bonds is 5. The molecule has 1 aromatic carbocycles. The standard InChI is InChI=1S/C25H20F2N6O/c1-25(2,13-28)16-4-5-30-21(7-16)24(34)33-17-8-18(23(27)19(26)9-17)14-6-15-12-32-22(29-3)10-20(15)31-11-14/h4-12H,1-3H3,(H,29,32)(H,33,34). The van der Waals surface area contributed by atoms with Gasteiger partial charge < -0.3 is 10.6 Å². The van der Waals surface area contributed by atoms with Crippen molar-refractivity contribution in [1.29, 1.82) is 5.26 Å². The first kappa shape index (κ1) is 22.7. The fourth-order valence-electron chi connectivity index (χ4n) is 3.38. The lowest BCUT2D eigenvalue weighted by Gasteiger charge is -2.16. The van der Waals surface area contributed by atoms with Gasteiger partial charge in [-0.15, -0.1) is 0 Å². The van der Waals surface area contributed by atoms with Gasteiger partial charge in [0, 0.05) is 60.0 Å². The fourth-order valence-corrected chi connectivity index (χ4v) is 3.38. The van der Waals surface area contributed by atoms with Crippen LogP contribution in [0.15, 0.2) is 55.0 Å². The van der Waals surface area contributed by atoms with Crippen molar-refractivity contribution in [3.63, 3.8) is 0 Å². The summed E-state index contributed by atoms with van der Waals surface area (Å²) >= 11 is 0. The number of benzene rings is 1. The van der Waals surface area contributed by atoms with Crippen LogP contribution in [0.3, 0.4) is 0 Å². The number of anilines is 2. The topological polar surface area (TPSA) is 104 Å². The van der Waals surface area contributed by atoms with Gasteiger partial charge in [-0.1, -0.05) is 0 Å². The van der Waals surface area contributed by atoms with E-state index < -0.39 is 23.0 Å². The molecular formula is C25H20F2N6O. The lowest BCUT2D eigenvalue weighted by atomic mass is 9.86. The zero-order valence-corrected chi connectivity index (χ0v) is 18.6. The predicted molar refractivity (Wildman–Crippen MR) is 125 cm³/mol. The normalized spacial score (nSPS) is 11.2. The van der Waals surface area contributed by atoms with E-state index in [1.165, 1.54) is 24.5 Å². The third kappa shape index (κ3) is 4.38. The molecule has 0 aliphatic heterocycles. The van der Waals surface area contributed by atoms with Crippen molar-refractivity contribution in [3.8, 4) is 17.2 Å². The van der Waals surface area contributed by atoms with Gasteiger partial charge in [0.15, 0.2) is 11.6 Å². The van der Waals surface area contributed by atoms with Crippen LogP contribution in [0.5, 0.6) is 0 Å². The van der Waals surface area contributed by atoms with Crippen LogP contribution in [0.1, 0.15) is 29.9 Å². The first-order chi connectivity index (χ1) is 16.2. The Hall–Kier alpha value is -4.45. The van der Waals surface area contributed by atoms with Gasteiger partial charge in [0.1, 0.15) is 11.5 Å². The van der Waals surface area contributed by atoms with Crippen LogP contribution in [-0.4, -0.2) is 27.9 Å². The summed E-state index contributed by atoms with van der Waals surface area (Å²) in [5.74, 6) is -2.17. The summed E-state index contributed by atoms with van der Waals surface area (Å²) in [6.07, 6.45) is 4.44. The first-order valence-electron chi connectivity index (χ1n) is 10.3. The molecule has 3 aromatic heterocycles. The van der Waals surface area contributed by atoms with Gasteiger partial charge in [-0.2, -0.15) is 5.26 Å². The second-order valence-electron chi connectivity index (χ2n) is 8.18. The number of aromatic nitrogens is 3. The summed E-state index contributed by atoms with van der Waals surface area (Å²) in [6, 6.07) is 10.9. The molecule has 0 bridgehead atoms. The molecule has 0 aliphatic carbocycles. The Morgan fingerprint density at radius 2 is 1.85 bits per heavy atom. The maximum Gasteiger partial charge on any atom is 0.274 e. The van der Waals surface area contributed by atoms with E-state index in [4.69, 9.17) is 0 Å². The van der Waals surface area contributed by atoms with Gasteiger partial charge in [-0.25, -0.2) is 13.8 Å². The third-order valence-electron chi connectivity index (χ3n) is 5.41. The van der Waals surface area contributed by atoms with Crippen molar-refractivity contribution in [2.24, 2.45) is 0 Å². The molecule has 7 nitrogen and oxygen atoms in total. The molecule has 3 heterocycles. The number of carbonyl (C=O) groups is 1. The Morgan fingerprint density at radius 1 is 1.06 bits per heavy atom. The third-order valence-corrected chi connectivity index (χ3v) is 5.41. The average molecular weight is 458 g/mol. The maximum atomic E-state index is 14.7. The van der Waals surface area contributed by atoms with E-state index in [0.29, 0.717) is 27.8 Å². The molecule has 0 fully saturated rings. The highest BCUT2D eigenvalue weighted by atomic mass is 19.2. The largest absolute Gasteiger partial charge is 0.373 e. The molecule has 2 N–H and O–H groups in total. The van der Waals surface area contributed by atoms with E-state index in [0.717, 1.165) is 6.07 Å². The molecule has 0 atom stereocenters. The Kier molecular flexibility index (Phi) is 5.90. The molecule has 0 unspecified atom stereocenters. The van der Waals surface area contributed by atoms with Gasteiger partial charge in [-0.05, 0) is 43.7 Å². The number of nitrogens with one attached hydrogen (secondary N) is 2. The number of halogens is 2. The number of nitrogens with zero attached hydrogens (tertiary/aromatic N) is 4. The van der Waals surface area contributed by atoms with E-state index in [2.05, 4.69) is 31.7 Å². The number of nitriles is 1. The average Bonchev–Trinajstić information content (AvgIpc) is 2.85. The molecule has 0 aliphatic rings. The summed E-state index contributed by atoms with van der Waals surface area (Å²) in [5.41, 5.74) is 0.793. The Labute approximate surface area is 194 Å². The second kappa shape index (κ2) is 8.83. The van der Waals surface area contributed by atoms with Crippen LogP contribution in [0.4, 0.5) is 20.3 Å². The van der Waals surface area contributed by atoms with E-state index in [-0.39, 0.29) is 16.9 Å². The Balaban J connectivity index is 1.68.